The van der Waals surface area contributed by atoms with Crippen molar-refractivity contribution in [1.82, 2.24) is 15.0 Å². The minimum atomic E-state index is 0. The number of hydrogen-bond donors (Lipinski definition) is 1. The monoisotopic (exact) mass is 302 g/mol. The van der Waals surface area contributed by atoms with Gasteiger partial charge in [-0.05, 0) is 24.7 Å². The zero-order chi connectivity index (χ0) is 13.0. The van der Waals surface area contributed by atoms with Gasteiger partial charge in [-0.2, -0.15) is 4.98 Å². The maximum absolute atomic E-state index is 5.84. The number of aromatic nitrogens is 2. The molecule has 0 saturated heterocycles. The third-order valence-corrected chi connectivity index (χ3v) is 2.71. The van der Waals surface area contributed by atoms with Crippen LogP contribution in [0.1, 0.15) is 17.3 Å². The van der Waals surface area contributed by atoms with Crippen molar-refractivity contribution >= 4 is 24.0 Å². The fourth-order valence-electron chi connectivity index (χ4n) is 1.64. The molecule has 0 saturated carbocycles. The van der Waals surface area contributed by atoms with Crippen LogP contribution in [0, 0.1) is 0 Å². The van der Waals surface area contributed by atoms with Crippen LogP contribution in [0.15, 0.2) is 28.8 Å². The average molecular weight is 303 g/mol. The van der Waals surface area contributed by atoms with Crippen molar-refractivity contribution in [3.63, 3.8) is 0 Å². The number of nitrogens with zero attached hydrogens (tertiary/aromatic N) is 3. The summed E-state index contributed by atoms with van der Waals surface area (Å²) in [6.07, 6.45) is 0. The third-order valence-electron chi connectivity index (χ3n) is 2.46. The van der Waals surface area contributed by atoms with Crippen molar-refractivity contribution in [2.24, 2.45) is 5.73 Å². The average Bonchev–Trinajstić information content (AvgIpc) is 2.79. The molecule has 104 valence electrons. The van der Waals surface area contributed by atoms with Gasteiger partial charge in [0, 0.05) is 11.6 Å². The molecule has 0 bridgehead atoms. The second-order valence-electron chi connectivity index (χ2n) is 4.11. The van der Waals surface area contributed by atoms with Crippen LogP contribution in [0.5, 0.6) is 0 Å². The first-order valence-corrected chi connectivity index (χ1v) is 5.99. The normalized spacial score (nSPS) is 10.5. The van der Waals surface area contributed by atoms with Crippen LogP contribution < -0.4 is 5.73 Å². The van der Waals surface area contributed by atoms with Crippen molar-refractivity contribution in [1.29, 1.82) is 0 Å². The summed E-state index contributed by atoms with van der Waals surface area (Å²) in [5.74, 6) is 1.11. The highest BCUT2D eigenvalue weighted by atomic mass is 35.5. The molecule has 2 aromatic rings. The van der Waals surface area contributed by atoms with Gasteiger partial charge in [0.25, 0.3) is 0 Å². The molecule has 0 unspecified atom stereocenters. The predicted molar refractivity (Wildman–Crippen MR) is 76.1 cm³/mol. The molecule has 0 spiro atoms. The van der Waals surface area contributed by atoms with Gasteiger partial charge >= 0.3 is 0 Å². The molecule has 1 aromatic heterocycles. The van der Waals surface area contributed by atoms with Gasteiger partial charge in [0.2, 0.25) is 5.89 Å². The van der Waals surface area contributed by atoms with Crippen LogP contribution in [0.2, 0.25) is 5.02 Å². The number of nitrogens with two attached hydrogens (primary N) is 1. The molecule has 1 aromatic carbocycles. The fourth-order valence-corrected chi connectivity index (χ4v) is 1.76. The Hall–Kier alpha value is -1.14. The molecule has 0 aliphatic carbocycles. The first-order chi connectivity index (χ1) is 8.67. The highest BCUT2D eigenvalue weighted by Crippen LogP contribution is 2.11. The molecule has 7 heteroatoms. The number of hydrogen-bond acceptors (Lipinski definition) is 5. The minimum absolute atomic E-state index is 0. The Balaban J connectivity index is 0.00000180. The first-order valence-electron chi connectivity index (χ1n) is 5.62. The van der Waals surface area contributed by atoms with Gasteiger partial charge in [-0.3, -0.25) is 4.90 Å². The molecule has 5 nitrogen and oxygen atoms in total. The van der Waals surface area contributed by atoms with Crippen molar-refractivity contribution in [3.05, 3.63) is 46.6 Å². The van der Waals surface area contributed by atoms with Gasteiger partial charge in [0.1, 0.15) is 0 Å². The standard InChI is InChI=1S/C12H15ClN4O.ClH/c1-17(7-9-2-4-10(13)5-3-9)8-11-15-12(6-14)18-16-11;/h2-5H,6-8,14H2,1H3;1H. The quantitative estimate of drug-likeness (QED) is 0.917. The van der Waals surface area contributed by atoms with E-state index in [-0.39, 0.29) is 19.0 Å². The summed E-state index contributed by atoms with van der Waals surface area (Å²) in [7, 11) is 1.99. The molecule has 1 heterocycles. The molecular weight excluding hydrogens is 287 g/mol. The van der Waals surface area contributed by atoms with Crippen molar-refractivity contribution in [3.8, 4) is 0 Å². The Labute approximate surface area is 123 Å². The van der Waals surface area contributed by atoms with Crippen molar-refractivity contribution < 1.29 is 4.52 Å². The van der Waals surface area contributed by atoms with Crippen LogP contribution in [-0.4, -0.2) is 22.1 Å². The molecular formula is C12H16Cl2N4O. The maximum atomic E-state index is 5.84. The molecule has 2 rings (SSSR count). The molecule has 2 N–H and O–H groups in total. The van der Waals surface area contributed by atoms with Crippen LogP contribution in [-0.2, 0) is 19.6 Å². The number of benzene rings is 1. The Morgan fingerprint density at radius 2 is 1.95 bits per heavy atom. The topological polar surface area (TPSA) is 68.2 Å². The molecule has 0 aliphatic heterocycles. The van der Waals surface area contributed by atoms with Crippen LogP contribution in [0.25, 0.3) is 0 Å². The van der Waals surface area contributed by atoms with Gasteiger partial charge in [-0.1, -0.05) is 28.9 Å². The van der Waals surface area contributed by atoms with E-state index in [1.54, 1.807) is 0 Å². The zero-order valence-corrected chi connectivity index (χ0v) is 12.1. The van der Waals surface area contributed by atoms with Crippen LogP contribution >= 0.6 is 24.0 Å². The summed E-state index contributed by atoms with van der Waals surface area (Å²) >= 11 is 5.84. The van der Waals surface area contributed by atoms with Crippen LogP contribution in [0.4, 0.5) is 0 Å². The van der Waals surface area contributed by atoms with Gasteiger partial charge in [-0.25, -0.2) is 0 Å². The Bertz CT molecular complexity index is 501. The third kappa shape index (κ3) is 4.80. The van der Waals surface area contributed by atoms with E-state index in [9.17, 15) is 0 Å². The molecule has 0 atom stereocenters. The van der Waals surface area contributed by atoms with E-state index in [2.05, 4.69) is 15.0 Å². The SMILES string of the molecule is CN(Cc1ccc(Cl)cc1)Cc1noc(CN)n1.Cl. The van der Waals surface area contributed by atoms with Gasteiger partial charge in [0.05, 0.1) is 13.1 Å². The molecule has 0 aliphatic rings. The van der Waals surface area contributed by atoms with Gasteiger partial charge < -0.3 is 10.3 Å². The second kappa shape index (κ2) is 7.45. The second-order valence-corrected chi connectivity index (χ2v) is 4.54. The maximum Gasteiger partial charge on any atom is 0.240 e. The largest absolute Gasteiger partial charge is 0.338 e. The molecule has 0 fully saturated rings. The summed E-state index contributed by atoms with van der Waals surface area (Å²) in [5.41, 5.74) is 6.59. The lowest BCUT2D eigenvalue weighted by Crippen LogP contribution is -2.18. The first kappa shape index (κ1) is 15.9. The Kier molecular flexibility index (Phi) is 6.24. The lowest BCUT2D eigenvalue weighted by Gasteiger charge is -2.14. The van der Waals surface area contributed by atoms with E-state index < -0.39 is 0 Å². The summed E-state index contributed by atoms with van der Waals surface area (Å²) < 4.78 is 4.95. The fraction of sp³-hybridized carbons (Fsp3) is 0.333. The molecule has 0 radical (unpaired) electrons. The Morgan fingerprint density at radius 3 is 2.53 bits per heavy atom. The molecule has 19 heavy (non-hydrogen) atoms. The van der Waals surface area contributed by atoms with Crippen molar-refractivity contribution in [2.45, 2.75) is 19.6 Å². The van der Waals surface area contributed by atoms with E-state index in [0.29, 0.717) is 18.3 Å². The van der Waals surface area contributed by atoms with Crippen LogP contribution in [0.3, 0.4) is 0 Å². The number of rotatable bonds is 5. The molecule has 0 amide bonds. The van der Waals surface area contributed by atoms with E-state index in [1.165, 1.54) is 5.56 Å². The van der Waals surface area contributed by atoms with E-state index in [4.69, 9.17) is 21.9 Å². The zero-order valence-electron chi connectivity index (χ0n) is 10.5. The minimum Gasteiger partial charge on any atom is -0.338 e. The van der Waals surface area contributed by atoms with E-state index >= 15 is 0 Å². The van der Waals surface area contributed by atoms with Gasteiger partial charge in [-0.15, -0.1) is 12.4 Å². The lowest BCUT2D eigenvalue weighted by atomic mass is 10.2. The summed E-state index contributed by atoms with van der Waals surface area (Å²) in [4.78, 5) is 6.25. The van der Waals surface area contributed by atoms with Gasteiger partial charge in [0.15, 0.2) is 5.82 Å². The lowest BCUT2D eigenvalue weighted by molar-refractivity contribution is 0.300. The summed E-state index contributed by atoms with van der Waals surface area (Å²) in [6.45, 7) is 1.68. The number of halogens is 2. The highest BCUT2D eigenvalue weighted by Gasteiger charge is 2.08. The van der Waals surface area contributed by atoms with E-state index in [1.807, 2.05) is 31.3 Å². The van der Waals surface area contributed by atoms with Crippen molar-refractivity contribution in [2.75, 3.05) is 7.05 Å². The smallest absolute Gasteiger partial charge is 0.240 e. The Morgan fingerprint density at radius 1 is 1.26 bits per heavy atom. The summed E-state index contributed by atoms with van der Waals surface area (Å²) in [5, 5.41) is 4.60. The predicted octanol–water partition coefficient (Wildman–Crippen LogP) is 2.24. The highest BCUT2D eigenvalue weighted by molar-refractivity contribution is 6.30. The van der Waals surface area contributed by atoms with E-state index in [0.717, 1.165) is 11.6 Å². The summed E-state index contributed by atoms with van der Waals surface area (Å²) in [6, 6.07) is 7.76.